The van der Waals surface area contributed by atoms with E-state index in [4.69, 9.17) is 0 Å². The predicted octanol–water partition coefficient (Wildman–Crippen LogP) is 1.49. The Morgan fingerprint density at radius 3 is 2.42 bits per heavy atom. The molecular weight excluding hydrogens is 154 g/mol. The first kappa shape index (κ1) is 10.5. The molecule has 1 aromatic rings. The minimum absolute atomic E-state index is 0.618. The summed E-state index contributed by atoms with van der Waals surface area (Å²) in [5.41, 5.74) is 0.618. The van der Waals surface area contributed by atoms with Crippen LogP contribution in [0.2, 0.25) is 0 Å². The number of rotatable bonds is 2. The predicted molar refractivity (Wildman–Crippen MR) is 46.0 cm³/mol. The molecule has 0 spiro atoms. The highest BCUT2D eigenvalue weighted by Crippen LogP contribution is 1.87. The highest BCUT2D eigenvalue weighted by Gasteiger charge is 1.81. The van der Waals surface area contributed by atoms with Gasteiger partial charge in [-0.25, -0.2) is 0 Å². The SMILES string of the molecule is CCC=O.O=Cc1cccnc1. The summed E-state index contributed by atoms with van der Waals surface area (Å²) in [4.78, 5) is 22.9. The van der Waals surface area contributed by atoms with Gasteiger partial charge >= 0.3 is 0 Å². The molecule has 0 amide bonds. The molecule has 0 saturated carbocycles. The fourth-order valence-corrected chi connectivity index (χ4v) is 0.446. The van der Waals surface area contributed by atoms with Crippen molar-refractivity contribution in [2.45, 2.75) is 13.3 Å². The Hall–Kier alpha value is -1.51. The van der Waals surface area contributed by atoms with Gasteiger partial charge in [0.05, 0.1) is 0 Å². The van der Waals surface area contributed by atoms with Crippen molar-refractivity contribution in [2.24, 2.45) is 0 Å². The molecule has 0 aliphatic heterocycles. The van der Waals surface area contributed by atoms with Crippen LogP contribution >= 0.6 is 0 Å². The van der Waals surface area contributed by atoms with Crippen LogP contribution in [0.5, 0.6) is 0 Å². The van der Waals surface area contributed by atoms with E-state index in [1.807, 2.05) is 6.92 Å². The lowest BCUT2D eigenvalue weighted by Gasteiger charge is -1.81. The number of nitrogens with zero attached hydrogens (tertiary/aromatic N) is 1. The zero-order chi connectivity index (χ0) is 9.23. The van der Waals surface area contributed by atoms with E-state index in [2.05, 4.69) is 4.98 Å². The van der Waals surface area contributed by atoms with Gasteiger partial charge in [-0.15, -0.1) is 0 Å². The van der Waals surface area contributed by atoms with Gasteiger partial charge in [0.1, 0.15) is 6.29 Å². The van der Waals surface area contributed by atoms with Crippen molar-refractivity contribution in [3.63, 3.8) is 0 Å². The van der Waals surface area contributed by atoms with Crippen LogP contribution in [-0.2, 0) is 4.79 Å². The van der Waals surface area contributed by atoms with E-state index in [1.54, 1.807) is 18.3 Å². The summed E-state index contributed by atoms with van der Waals surface area (Å²) in [6.07, 6.45) is 5.44. The molecule has 0 aliphatic rings. The standard InChI is InChI=1S/C6H5NO.C3H6O/c8-5-6-2-1-3-7-4-6;1-2-3-4/h1-5H;3H,2H2,1H3. The Morgan fingerprint density at radius 2 is 2.17 bits per heavy atom. The van der Waals surface area contributed by atoms with Gasteiger partial charge in [-0.05, 0) is 12.1 Å². The van der Waals surface area contributed by atoms with Crippen LogP contribution in [0.4, 0.5) is 0 Å². The number of carbonyl (C=O) groups excluding carboxylic acids is 2. The van der Waals surface area contributed by atoms with Crippen LogP contribution in [0.1, 0.15) is 23.7 Å². The van der Waals surface area contributed by atoms with Crippen molar-refractivity contribution in [2.75, 3.05) is 0 Å². The topological polar surface area (TPSA) is 47.0 Å². The summed E-state index contributed by atoms with van der Waals surface area (Å²) in [5.74, 6) is 0. The van der Waals surface area contributed by atoms with Crippen LogP contribution in [0, 0.1) is 0 Å². The van der Waals surface area contributed by atoms with Crippen molar-refractivity contribution in [3.05, 3.63) is 30.1 Å². The lowest BCUT2D eigenvalue weighted by molar-refractivity contribution is -0.107. The van der Waals surface area contributed by atoms with Crippen molar-refractivity contribution in [1.82, 2.24) is 4.98 Å². The summed E-state index contributed by atoms with van der Waals surface area (Å²) < 4.78 is 0. The molecule has 0 saturated heterocycles. The average molecular weight is 165 g/mol. The Kier molecular flexibility index (Phi) is 6.64. The van der Waals surface area contributed by atoms with E-state index < -0.39 is 0 Å². The quantitative estimate of drug-likeness (QED) is 0.624. The van der Waals surface area contributed by atoms with Crippen LogP contribution < -0.4 is 0 Å². The van der Waals surface area contributed by atoms with E-state index in [0.717, 1.165) is 12.6 Å². The van der Waals surface area contributed by atoms with Crippen LogP contribution in [-0.4, -0.2) is 17.6 Å². The molecule has 1 aromatic heterocycles. The molecule has 1 rings (SSSR count). The largest absolute Gasteiger partial charge is 0.303 e. The van der Waals surface area contributed by atoms with Crippen LogP contribution in [0.3, 0.4) is 0 Å². The zero-order valence-corrected chi connectivity index (χ0v) is 6.93. The summed E-state index contributed by atoms with van der Waals surface area (Å²) in [5, 5.41) is 0. The van der Waals surface area contributed by atoms with Crippen molar-refractivity contribution in [1.29, 1.82) is 0 Å². The number of hydrogen-bond donors (Lipinski definition) is 0. The smallest absolute Gasteiger partial charge is 0.151 e. The number of aromatic nitrogens is 1. The molecule has 1 heterocycles. The first-order valence-electron chi connectivity index (χ1n) is 3.64. The maximum Gasteiger partial charge on any atom is 0.151 e. The number of carbonyl (C=O) groups is 2. The Morgan fingerprint density at radius 1 is 1.50 bits per heavy atom. The molecule has 0 N–H and O–H groups in total. The third kappa shape index (κ3) is 5.29. The van der Waals surface area contributed by atoms with Gasteiger partial charge in [-0.1, -0.05) is 6.92 Å². The molecule has 0 bridgehead atoms. The fourth-order valence-electron chi connectivity index (χ4n) is 0.446. The lowest BCUT2D eigenvalue weighted by atomic mass is 10.3. The highest BCUT2D eigenvalue weighted by atomic mass is 16.1. The molecule has 0 fully saturated rings. The number of pyridine rings is 1. The van der Waals surface area contributed by atoms with Gasteiger partial charge in [0, 0.05) is 24.4 Å². The Bertz CT molecular complexity index is 221. The Balaban J connectivity index is 0.000000261. The third-order valence-corrected chi connectivity index (χ3v) is 0.987. The van der Waals surface area contributed by atoms with Gasteiger partial charge < -0.3 is 4.79 Å². The number of hydrogen-bond acceptors (Lipinski definition) is 3. The molecule has 3 nitrogen and oxygen atoms in total. The maximum atomic E-state index is 9.97. The third-order valence-electron chi connectivity index (χ3n) is 0.987. The molecular formula is C9H11NO2. The molecule has 0 aromatic carbocycles. The van der Waals surface area contributed by atoms with Crippen molar-refractivity contribution in [3.8, 4) is 0 Å². The number of aldehydes is 2. The second-order valence-corrected chi connectivity index (χ2v) is 1.98. The van der Waals surface area contributed by atoms with Gasteiger partial charge in [0.2, 0.25) is 0 Å². The monoisotopic (exact) mass is 165 g/mol. The van der Waals surface area contributed by atoms with E-state index in [0.29, 0.717) is 12.0 Å². The minimum Gasteiger partial charge on any atom is -0.303 e. The van der Waals surface area contributed by atoms with Gasteiger partial charge in [0.15, 0.2) is 6.29 Å². The maximum absolute atomic E-state index is 9.97. The average Bonchev–Trinajstić information content (AvgIpc) is 2.19. The Labute approximate surface area is 71.4 Å². The summed E-state index contributed by atoms with van der Waals surface area (Å²) in [7, 11) is 0. The molecule has 64 valence electrons. The van der Waals surface area contributed by atoms with Crippen molar-refractivity contribution < 1.29 is 9.59 Å². The molecule has 3 heteroatoms. The first-order valence-corrected chi connectivity index (χ1v) is 3.64. The first-order chi connectivity index (χ1) is 5.85. The molecule has 0 unspecified atom stereocenters. The molecule has 0 aliphatic carbocycles. The lowest BCUT2D eigenvalue weighted by Crippen LogP contribution is -1.77. The van der Waals surface area contributed by atoms with E-state index in [-0.39, 0.29) is 0 Å². The van der Waals surface area contributed by atoms with Gasteiger partial charge in [0.25, 0.3) is 0 Å². The van der Waals surface area contributed by atoms with E-state index in [9.17, 15) is 9.59 Å². The zero-order valence-electron chi connectivity index (χ0n) is 6.93. The van der Waals surface area contributed by atoms with E-state index in [1.165, 1.54) is 6.20 Å². The summed E-state index contributed by atoms with van der Waals surface area (Å²) in [6, 6.07) is 3.43. The summed E-state index contributed by atoms with van der Waals surface area (Å²) >= 11 is 0. The van der Waals surface area contributed by atoms with Crippen LogP contribution in [0.25, 0.3) is 0 Å². The van der Waals surface area contributed by atoms with Crippen LogP contribution in [0.15, 0.2) is 24.5 Å². The molecule has 0 atom stereocenters. The highest BCUT2D eigenvalue weighted by molar-refractivity contribution is 5.73. The minimum atomic E-state index is 0.618. The fraction of sp³-hybridized carbons (Fsp3) is 0.222. The normalized spacial score (nSPS) is 7.75. The van der Waals surface area contributed by atoms with E-state index >= 15 is 0 Å². The van der Waals surface area contributed by atoms with Gasteiger partial charge in [-0.3, -0.25) is 9.78 Å². The van der Waals surface area contributed by atoms with Crippen molar-refractivity contribution >= 4 is 12.6 Å². The second kappa shape index (κ2) is 7.60. The second-order valence-electron chi connectivity index (χ2n) is 1.98. The molecule has 12 heavy (non-hydrogen) atoms. The van der Waals surface area contributed by atoms with Gasteiger partial charge in [-0.2, -0.15) is 0 Å². The summed E-state index contributed by atoms with van der Waals surface area (Å²) in [6.45, 7) is 1.81. The molecule has 0 radical (unpaired) electrons.